The molecule has 1 aromatic carbocycles. The number of rotatable bonds is 6. The topological polar surface area (TPSA) is 132 Å². The molecule has 1 amide bonds. The molecule has 0 fully saturated rings. The number of carbonyl (C=O) groups is 1. The number of carbonyl (C=O) groups excluding carboxylic acids is 1. The summed E-state index contributed by atoms with van der Waals surface area (Å²) in [5.41, 5.74) is 5.84. The smallest absolute Gasteiger partial charge is 0.415 e. The van der Waals surface area contributed by atoms with Crippen molar-refractivity contribution >= 4 is 40.8 Å². The molecule has 0 aliphatic heterocycles. The fraction of sp³-hybridized carbons (Fsp3) is 0.455. The predicted octanol–water partition coefficient (Wildman–Crippen LogP) is 4.80. The minimum atomic E-state index is -0.798. The largest absolute Gasteiger partial charge is 0.443 e. The summed E-state index contributed by atoms with van der Waals surface area (Å²) in [6.45, 7) is 10.3. The van der Waals surface area contributed by atoms with Crippen LogP contribution in [0.25, 0.3) is 0 Å². The maximum Gasteiger partial charge on any atom is 0.415 e. The second-order valence-corrected chi connectivity index (χ2v) is 9.71. The first kappa shape index (κ1) is 27.3. The monoisotopic (exact) mass is 513 g/mol. The number of amidine groups is 1. The third-order valence-corrected chi connectivity index (χ3v) is 5.38. The van der Waals surface area contributed by atoms with Crippen LogP contribution in [0.1, 0.15) is 51.7 Å². The van der Waals surface area contributed by atoms with Gasteiger partial charge in [-0.3, -0.25) is 9.69 Å². The van der Waals surface area contributed by atoms with E-state index in [1.165, 1.54) is 23.9 Å². The predicted molar refractivity (Wildman–Crippen MR) is 132 cm³/mol. The zero-order valence-corrected chi connectivity index (χ0v) is 21.7. The van der Waals surface area contributed by atoms with Gasteiger partial charge in [0.05, 0.1) is 22.3 Å². The molecule has 0 radical (unpaired) electrons. The van der Waals surface area contributed by atoms with Gasteiger partial charge in [0.15, 0.2) is 11.6 Å². The van der Waals surface area contributed by atoms with Crippen LogP contribution in [0.15, 0.2) is 22.1 Å². The van der Waals surface area contributed by atoms with Crippen molar-refractivity contribution in [1.82, 2.24) is 9.78 Å². The van der Waals surface area contributed by atoms with Crippen LogP contribution in [0.4, 0.5) is 10.5 Å². The van der Waals surface area contributed by atoms with Gasteiger partial charge in [0.2, 0.25) is 5.88 Å². The van der Waals surface area contributed by atoms with Gasteiger partial charge in [0.25, 0.3) is 5.56 Å². The Morgan fingerprint density at radius 3 is 2.47 bits per heavy atom. The Morgan fingerprint density at radius 2 is 1.94 bits per heavy atom. The van der Waals surface area contributed by atoms with Gasteiger partial charge in [0, 0.05) is 18.7 Å². The Hall–Kier alpha value is -2.98. The molecule has 2 aromatic rings. The van der Waals surface area contributed by atoms with E-state index in [1.54, 1.807) is 27.7 Å². The van der Waals surface area contributed by atoms with Gasteiger partial charge in [-0.25, -0.2) is 9.48 Å². The number of amides is 1. The Labute approximate surface area is 207 Å². The zero-order valence-electron chi connectivity index (χ0n) is 20.1. The summed E-state index contributed by atoms with van der Waals surface area (Å²) in [5, 5.41) is 16.3. The van der Waals surface area contributed by atoms with Crippen LogP contribution in [-0.2, 0) is 11.8 Å². The molecule has 0 saturated carbocycles. The molecule has 3 N–H and O–H groups in total. The van der Waals surface area contributed by atoms with Crippen molar-refractivity contribution < 1.29 is 19.5 Å². The van der Waals surface area contributed by atoms with Crippen molar-refractivity contribution in [2.75, 3.05) is 11.4 Å². The number of hydrogen-bond acceptors (Lipinski definition) is 7. The van der Waals surface area contributed by atoms with Crippen molar-refractivity contribution in [2.45, 2.75) is 53.1 Å². The summed E-state index contributed by atoms with van der Waals surface area (Å²) in [6.07, 6.45) is -0.746. The van der Waals surface area contributed by atoms with E-state index in [2.05, 4.69) is 10.3 Å². The van der Waals surface area contributed by atoms with E-state index >= 15 is 0 Å². The first-order valence-corrected chi connectivity index (χ1v) is 11.1. The molecule has 34 heavy (non-hydrogen) atoms. The second kappa shape index (κ2) is 10.5. The maximum atomic E-state index is 12.9. The lowest BCUT2D eigenvalue weighted by Gasteiger charge is -2.29. The average molecular weight is 514 g/mol. The summed E-state index contributed by atoms with van der Waals surface area (Å²) >= 11 is 13.1. The van der Waals surface area contributed by atoms with E-state index in [4.69, 9.17) is 43.6 Å². The third kappa shape index (κ3) is 6.32. The standard InChI is InChI=1S/C22H29Cl2N5O5/c1-11(2)13-8-17(26-28(7)20(13)30)33-19-14(23)9-15(12(3)18(19)24)29(10-16(25)27-32)21(31)34-22(4,5)6/h8-9,11,32H,10H2,1-7H3,(H2,25,27). The SMILES string of the molecule is Cc1c(N(C/C(N)=N/O)C(=O)OC(C)(C)C)cc(Cl)c(Oc2cc(C(C)C)c(=O)n(C)n2)c1Cl. The van der Waals surface area contributed by atoms with Gasteiger partial charge in [-0.15, -0.1) is 5.10 Å². The van der Waals surface area contributed by atoms with Gasteiger partial charge >= 0.3 is 6.09 Å². The summed E-state index contributed by atoms with van der Waals surface area (Å²) in [6, 6.07) is 2.99. The van der Waals surface area contributed by atoms with Crippen LogP contribution in [0.2, 0.25) is 10.0 Å². The normalized spacial score (nSPS) is 12.1. The van der Waals surface area contributed by atoms with Crippen LogP contribution < -0.4 is 20.9 Å². The van der Waals surface area contributed by atoms with E-state index < -0.39 is 11.7 Å². The van der Waals surface area contributed by atoms with Gasteiger partial charge in [-0.2, -0.15) is 0 Å². The molecule has 0 aliphatic rings. The van der Waals surface area contributed by atoms with Crippen molar-refractivity contribution in [3.63, 3.8) is 0 Å². The maximum absolute atomic E-state index is 12.9. The molecule has 10 nitrogen and oxygen atoms in total. The van der Waals surface area contributed by atoms with E-state index in [-0.39, 0.29) is 51.2 Å². The molecule has 0 unspecified atom stereocenters. The number of aryl methyl sites for hydroxylation is 1. The van der Waals surface area contributed by atoms with Crippen LogP contribution >= 0.6 is 23.2 Å². The minimum Gasteiger partial charge on any atom is -0.443 e. The molecule has 2 rings (SSSR count). The van der Waals surface area contributed by atoms with Gasteiger partial charge in [0.1, 0.15) is 5.60 Å². The fourth-order valence-corrected chi connectivity index (χ4v) is 3.51. The van der Waals surface area contributed by atoms with Crippen LogP contribution in [0.5, 0.6) is 11.6 Å². The third-order valence-electron chi connectivity index (χ3n) is 4.64. The Bertz CT molecular complexity index is 1170. The lowest BCUT2D eigenvalue weighted by Crippen LogP contribution is -2.42. The molecule has 0 bridgehead atoms. The Kier molecular flexibility index (Phi) is 8.44. The summed E-state index contributed by atoms with van der Waals surface area (Å²) in [4.78, 5) is 26.3. The number of nitrogens with zero attached hydrogens (tertiary/aromatic N) is 4. The number of oxime groups is 1. The molecular weight excluding hydrogens is 485 g/mol. The molecule has 0 atom stereocenters. The lowest BCUT2D eigenvalue weighted by atomic mass is 10.1. The number of hydrogen-bond donors (Lipinski definition) is 2. The van der Waals surface area contributed by atoms with Crippen molar-refractivity contribution in [2.24, 2.45) is 17.9 Å². The van der Waals surface area contributed by atoms with E-state index in [1.807, 2.05) is 13.8 Å². The fourth-order valence-electron chi connectivity index (χ4n) is 2.99. The van der Waals surface area contributed by atoms with Gasteiger partial charge in [-0.05, 0) is 45.2 Å². The molecule has 0 aliphatic carbocycles. The van der Waals surface area contributed by atoms with Crippen molar-refractivity contribution in [3.8, 4) is 11.6 Å². The van der Waals surface area contributed by atoms with E-state index in [0.29, 0.717) is 11.1 Å². The quantitative estimate of drug-likeness (QED) is 0.245. The highest BCUT2D eigenvalue weighted by Gasteiger charge is 2.28. The highest BCUT2D eigenvalue weighted by atomic mass is 35.5. The minimum absolute atomic E-state index is 0.0554. The highest BCUT2D eigenvalue weighted by molar-refractivity contribution is 6.38. The zero-order chi connectivity index (χ0) is 26.0. The average Bonchev–Trinajstić information content (AvgIpc) is 2.72. The van der Waals surface area contributed by atoms with Crippen LogP contribution in [-0.4, -0.2) is 39.1 Å². The van der Waals surface area contributed by atoms with Gasteiger partial charge in [-0.1, -0.05) is 42.2 Å². The Balaban J connectivity index is 2.57. The molecule has 1 aromatic heterocycles. The number of aromatic nitrogens is 2. The lowest BCUT2D eigenvalue weighted by molar-refractivity contribution is 0.0585. The molecule has 0 spiro atoms. The van der Waals surface area contributed by atoms with Crippen molar-refractivity contribution in [1.29, 1.82) is 0 Å². The summed E-state index contributed by atoms with van der Waals surface area (Å²) < 4.78 is 12.5. The molecule has 0 saturated heterocycles. The first-order chi connectivity index (χ1) is 15.7. The van der Waals surface area contributed by atoms with Crippen LogP contribution in [0.3, 0.4) is 0 Å². The Morgan fingerprint density at radius 1 is 1.32 bits per heavy atom. The number of benzene rings is 1. The number of anilines is 1. The van der Waals surface area contributed by atoms with Crippen molar-refractivity contribution in [3.05, 3.63) is 43.7 Å². The number of ether oxygens (including phenoxy) is 2. The molecule has 1 heterocycles. The second-order valence-electron chi connectivity index (χ2n) is 8.93. The molecular formula is C22H29Cl2N5O5. The molecule has 12 heteroatoms. The molecule has 186 valence electrons. The first-order valence-electron chi connectivity index (χ1n) is 10.4. The summed E-state index contributed by atoms with van der Waals surface area (Å²) in [5.74, 6) is -0.0608. The van der Waals surface area contributed by atoms with E-state index in [9.17, 15) is 9.59 Å². The van der Waals surface area contributed by atoms with E-state index in [0.717, 1.165) is 4.90 Å². The van der Waals surface area contributed by atoms with Gasteiger partial charge < -0.3 is 20.4 Å². The number of nitrogens with two attached hydrogens (primary N) is 1. The van der Waals surface area contributed by atoms with Crippen LogP contribution in [0, 0.1) is 6.92 Å². The number of halogens is 2. The summed E-state index contributed by atoms with van der Waals surface area (Å²) in [7, 11) is 1.52. The highest BCUT2D eigenvalue weighted by Crippen LogP contribution is 2.43.